The zero-order valence-corrected chi connectivity index (χ0v) is 9.95. The third-order valence-electron chi connectivity index (χ3n) is 2.07. The van der Waals surface area contributed by atoms with Gasteiger partial charge in [0.15, 0.2) is 0 Å². The van der Waals surface area contributed by atoms with Crippen molar-refractivity contribution in [1.82, 2.24) is 5.32 Å². The Balaban J connectivity index is 2.87. The van der Waals surface area contributed by atoms with E-state index in [0.29, 0.717) is 23.7 Å². The van der Waals surface area contributed by atoms with E-state index in [-0.39, 0.29) is 6.03 Å². The van der Waals surface area contributed by atoms with E-state index >= 15 is 0 Å². The van der Waals surface area contributed by atoms with Gasteiger partial charge in [-0.3, -0.25) is 0 Å². The summed E-state index contributed by atoms with van der Waals surface area (Å²) in [5, 5.41) is 5.27. The minimum absolute atomic E-state index is 0.340. The van der Waals surface area contributed by atoms with Gasteiger partial charge in [0.25, 0.3) is 0 Å². The van der Waals surface area contributed by atoms with Crippen LogP contribution in [-0.2, 0) is 0 Å². The Kier molecular flexibility index (Phi) is 4.87. The molecule has 2 amide bonds. The number of carbonyl (C=O) groups excluding carboxylic acids is 1. The fourth-order valence-electron chi connectivity index (χ4n) is 1.30. The molecule has 0 radical (unpaired) electrons. The van der Waals surface area contributed by atoms with Crippen molar-refractivity contribution in [3.8, 4) is 11.5 Å². The Hall–Kier alpha value is -2.17. The van der Waals surface area contributed by atoms with Gasteiger partial charge < -0.3 is 20.1 Å². The minimum atomic E-state index is -0.340. The van der Waals surface area contributed by atoms with Crippen LogP contribution < -0.4 is 20.1 Å². The van der Waals surface area contributed by atoms with Crippen LogP contribution in [0.1, 0.15) is 0 Å². The van der Waals surface area contributed by atoms with Crippen LogP contribution >= 0.6 is 0 Å². The summed E-state index contributed by atoms with van der Waals surface area (Å²) in [7, 11) is 3.06. The van der Waals surface area contributed by atoms with Gasteiger partial charge in [0.05, 0.1) is 14.2 Å². The molecular weight excluding hydrogens is 220 g/mol. The van der Waals surface area contributed by atoms with Crippen LogP contribution in [0.3, 0.4) is 0 Å². The van der Waals surface area contributed by atoms with Crippen molar-refractivity contribution in [2.75, 3.05) is 26.1 Å². The molecule has 0 heterocycles. The Bertz CT molecular complexity index is 382. The van der Waals surface area contributed by atoms with E-state index in [9.17, 15) is 4.79 Å². The van der Waals surface area contributed by atoms with Gasteiger partial charge in [-0.15, -0.1) is 6.58 Å². The summed E-state index contributed by atoms with van der Waals surface area (Å²) in [6.07, 6.45) is 1.60. The number of hydrogen-bond donors (Lipinski definition) is 2. The summed E-state index contributed by atoms with van der Waals surface area (Å²) in [5.74, 6) is 1.08. The predicted octanol–water partition coefficient (Wildman–Crippen LogP) is 2.01. The first-order valence-corrected chi connectivity index (χ1v) is 5.09. The first-order chi connectivity index (χ1) is 8.22. The van der Waals surface area contributed by atoms with Gasteiger partial charge in [-0.2, -0.15) is 0 Å². The first kappa shape index (κ1) is 12.9. The number of carbonyl (C=O) groups is 1. The van der Waals surface area contributed by atoms with Gasteiger partial charge >= 0.3 is 6.03 Å². The van der Waals surface area contributed by atoms with Gasteiger partial charge in [-0.05, 0) is 12.1 Å². The Morgan fingerprint density at radius 2 is 1.94 bits per heavy atom. The average molecular weight is 236 g/mol. The lowest BCUT2D eigenvalue weighted by atomic mass is 10.2. The van der Waals surface area contributed by atoms with E-state index in [1.165, 1.54) is 14.2 Å². The van der Waals surface area contributed by atoms with Crippen LogP contribution in [0.2, 0.25) is 0 Å². The van der Waals surface area contributed by atoms with E-state index in [0.717, 1.165) is 0 Å². The third kappa shape index (κ3) is 3.41. The molecule has 0 fully saturated rings. The average Bonchev–Trinajstić information content (AvgIpc) is 2.36. The highest BCUT2D eigenvalue weighted by atomic mass is 16.5. The highest BCUT2D eigenvalue weighted by Gasteiger charge is 2.12. The summed E-state index contributed by atoms with van der Waals surface area (Å²) >= 11 is 0. The maximum Gasteiger partial charge on any atom is 0.319 e. The second-order valence-corrected chi connectivity index (χ2v) is 3.16. The predicted molar refractivity (Wildman–Crippen MR) is 66.8 cm³/mol. The molecule has 5 heteroatoms. The van der Waals surface area contributed by atoms with Crippen LogP contribution in [0.4, 0.5) is 10.5 Å². The van der Waals surface area contributed by atoms with Crippen molar-refractivity contribution in [3.63, 3.8) is 0 Å². The standard InChI is InChI=1S/C12H16N2O3/c1-4-8-13-12(15)14-11-9(16-2)6-5-7-10(11)17-3/h4-7H,1,8H2,2-3H3,(H2,13,14,15). The summed E-state index contributed by atoms with van der Waals surface area (Å²) in [4.78, 5) is 11.5. The number of rotatable bonds is 5. The molecule has 5 nitrogen and oxygen atoms in total. The fraction of sp³-hybridized carbons (Fsp3) is 0.250. The van der Waals surface area contributed by atoms with Crippen molar-refractivity contribution in [3.05, 3.63) is 30.9 Å². The molecule has 1 rings (SSSR count). The van der Waals surface area contributed by atoms with Crippen LogP contribution in [0.5, 0.6) is 11.5 Å². The largest absolute Gasteiger partial charge is 0.494 e. The SMILES string of the molecule is C=CCNC(=O)Nc1c(OC)cccc1OC. The van der Waals surface area contributed by atoms with Crippen LogP contribution in [0.15, 0.2) is 30.9 Å². The lowest BCUT2D eigenvalue weighted by Crippen LogP contribution is -2.28. The Morgan fingerprint density at radius 3 is 2.41 bits per heavy atom. The molecule has 0 saturated carbocycles. The summed E-state index contributed by atoms with van der Waals surface area (Å²) in [6.45, 7) is 3.91. The number of methoxy groups -OCH3 is 2. The number of para-hydroxylation sites is 1. The number of amides is 2. The number of hydrogen-bond acceptors (Lipinski definition) is 3. The van der Waals surface area contributed by atoms with Crippen LogP contribution in [0.25, 0.3) is 0 Å². The lowest BCUT2D eigenvalue weighted by molar-refractivity contribution is 0.252. The molecule has 0 aromatic heterocycles. The van der Waals surface area contributed by atoms with Crippen molar-refractivity contribution in [2.24, 2.45) is 0 Å². The van der Waals surface area contributed by atoms with E-state index in [1.54, 1.807) is 24.3 Å². The molecule has 1 aromatic rings. The normalized spacial score (nSPS) is 9.29. The van der Waals surface area contributed by atoms with Crippen molar-refractivity contribution < 1.29 is 14.3 Å². The highest BCUT2D eigenvalue weighted by molar-refractivity contribution is 5.93. The number of anilines is 1. The van der Waals surface area contributed by atoms with Crippen LogP contribution in [0, 0.1) is 0 Å². The van der Waals surface area contributed by atoms with E-state index < -0.39 is 0 Å². The molecule has 0 atom stereocenters. The topological polar surface area (TPSA) is 59.6 Å². The van der Waals surface area contributed by atoms with E-state index in [2.05, 4.69) is 17.2 Å². The molecule has 0 aliphatic heterocycles. The molecule has 0 unspecified atom stereocenters. The Labute approximate surface area is 100 Å². The number of ether oxygens (including phenoxy) is 2. The third-order valence-corrected chi connectivity index (χ3v) is 2.07. The van der Waals surface area contributed by atoms with Gasteiger partial charge in [0.1, 0.15) is 17.2 Å². The van der Waals surface area contributed by atoms with Crippen molar-refractivity contribution in [2.45, 2.75) is 0 Å². The minimum Gasteiger partial charge on any atom is -0.494 e. The van der Waals surface area contributed by atoms with E-state index in [1.807, 2.05) is 0 Å². The molecule has 0 saturated heterocycles. The maximum absolute atomic E-state index is 11.5. The highest BCUT2D eigenvalue weighted by Crippen LogP contribution is 2.33. The summed E-state index contributed by atoms with van der Waals surface area (Å²) < 4.78 is 10.3. The molecule has 17 heavy (non-hydrogen) atoms. The Morgan fingerprint density at radius 1 is 1.35 bits per heavy atom. The quantitative estimate of drug-likeness (QED) is 0.769. The first-order valence-electron chi connectivity index (χ1n) is 5.09. The number of urea groups is 1. The van der Waals surface area contributed by atoms with Crippen LogP contribution in [-0.4, -0.2) is 26.8 Å². The molecule has 0 bridgehead atoms. The molecule has 1 aromatic carbocycles. The van der Waals surface area contributed by atoms with Gasteiger partial charge in [-0.25, -0.2) is 4.79 Å². The molecule has 0 aliphatic carbocycles. The monoisotopic (exact) mass is 236 g/mol. The van der Waals surface area contributed by atoms with Crippen molar-refractivity contribution >= 4 is 11.7 Å². The van der Waals surface area contributed by atoms with Crippen molar-refractivity contribution in [1.29, 1.82) is 0 Å². The number of nitrogens with one attached hydrogen (secondary N) is 2. The zero-order chi connectivity index (χ0) is 12.7. The van der Waals surface area contributed by atoms with Gasteiger partial charge in [0.2, 0.25) is 0 Å². The van der Waals surface area contributed by atoms with E-state index in [4.69, 9.17) is 9.47 Å². The lowest BCUT2D eigenvalue weighted by Gasteiger charge is -2.13. The maximum atomic E-state index is 11.5. The van der Waals surface area contributed by atoms with Gasteiger partial charge in [-0.1, -0.05) is 12.1 Å². The fourth-order valence-corrected chi connectivity index (χ4v) is 1.30. The molecule has 0 spiro atoms. The summed E-state index contributed by atoms with van der Waals surface area (Å²) in [5.41, 5.74) is 0.499. The second-order valence-electron chi connectivity index (χ2n) is 3.16. The molecule has 92 valence electrons. The molecule has 2 N–H and O–H groups in total. The molecular formula is C12H16N2O3. The zero-order valence-electron chi connectivity index (χ0n) is 9.95. The molecule has 0 aliphatic rings. The number of benzene rings is 1. The smallest absolute Gasteiger partial charge is 0.319 e. The summed E-state index contributed by atoms with van der Waals surface area (Å²) in [6, 6.07) is 4.93. The second kappa shape index (κ2) is 6.42. The van der Waals surface area contributed by atoms with Gasteiger partial charge in [0, 0.05) is 6.54 Å².